The van der Waals surface area contributed by atoms with Crippen molar-refractivity contribution in [2.75, 3.05) is 0 Å². The number of amides is 2. The summed E-state index contributed by atoms with van der Waals surface area (Å²) in [5.74, 6) is 0.538. The zero-order chi connectivity index (χ0) is 14.8. The Balaban J connectivity index is 2.03. The highest BCUT2D eigenvalue weighted by atomic mass is 16.2. The number of rotatable bonds is 2. The van der Waals surface area contributed by atoms with Crippen molar-refractivity contribution in [3.63, 3.8) is 0 Å². The predicted octanol–water partition coefficient (Wildman–Crippen LogP) is 3.33. The van der Waals surface area contributed by atoms with E-state index in [1.54, 1.807) is 0 Å². The average molecular weight is 272 g/mol. The first-order chi connectivity index (χ1) is 9.36. The summed E-state index contributed by atoms with van der Waals surface area (Å²) in [5, 5.41) is 6.18. The van der Waals surface area contributed by atoms with Crippen LogP contribution >= 0.6 is 0 Å². The zero-order valence-corrected chi connectivity index (χ0v) is 12.7. The van der Waals surface area contributed by atoms with E-state index in [1.165, 1.54) is 0 Å². The van der Waals surface area contributed by atoms with Crippen molar-refractivity contribution in [3.05, 3.63) is 48.6 Å². The monoisotopic (exact) mass is 272 g/mol. The third-order valence-electron chi connectivity index (χ3n) is 4.56. The summed E-state index contributed by atoms with van der Waals surface area (Å²) in [5.41, 5.74) is -0.681. The molecule has 2 N–H and O–H groups in total. The van der Waals surface area contributed by atoms with Crippen LogP contribution in [0.1, 0.15) is 27.7 Å². The number of urea groups is 1. The minimum Gasteiger partial charge on any atom is -0.329 e. The van der Waals surface area contributed by atoms with Crippen LogP contribution in [0.25, 0.3) is 0 Å². The molecule has 4 unspecified atom stereocenters. The van der Waals surface area contributed by atoms with Gasteiger partial charge in [-0.2, -0.15) is 0 Å². The van der Waals surface area contributed by atoms with Crippen LogP contribution in [-0.2, 0) is 0 Å². The van der Waals surface area contributed by atoms with E-state index in [0.717, 1.165) is 0 Å². The van der Waals surface area contributed by atoms with Crippen LogP contribution in [0.3, 0.4) is 0 Å². The zero-order valence-electron chi connectivity index (χ0n) is 12.7. The van der Waals surface area contributed by atoms with Gasteiger partial charge in [-0.1, -0.05) is 62.5 Å². The molecule has 2 amide bonds. The molecule has 0 heterocycles. The van der Waals surface area contributed by atoms with Gasteiger partial charge < -0.3 is 10.6 Å². The molecule has 0 radical (unpaired) electrons. The van der Waals surface area contributed by atoms with Gasteiger partial charge in [0.15, 0.2) is 0 Å². The third kappa shape index (κ3) is 2.87. The first kappa shape index (κ1) is 14.6. The Morgan fingerprint density at radius 2 is 1.25 bits per heavy atom. The lowest BCUT2D eigenvalue weighted by Crippen LogP contribution is -2.59. The van der Waals surface area contributed by atoms with Gasteiger partial charge in [0.25, 0.3) is 0 Å². The Morgan fingerprint density at radius 3 is 1.60 bits per heavy atom. The number of hydrogen-bond acceptors (Lipinski definition) is 1. The van der Waals surface area contributed by atoms with E-state index >= 15 is 0 Å². The van der Waals surface area contributed by atoms with Gasteiger partial charge in [0.2, 0.25) is 0 Å². The topological polar surface area (TPSA) is 41.1 Å². The van der Waals surface area contributed by atoms with Crippen molar-refractivity contribution < 1.29 is 4.79 Å². The SMILES string of the molecule is CC1C=CC=CC1(C)NC(=O)NC1(C)C=CC=CC1C. The molecule has 0 aliphatic heterocycles. The Morgan fingerprint density at radius 1 is 0.850 bits per heavy atom. The molecule has 2 rings (SSSR count). The van der Waals surface area contributed by atoms with Crippen LogP contribution in [0, 0.1) is 11.8 Å². The van der Waals surface area contributed by atoms with E-state index < -0.39 is 0 Å². The van der Waals surface area contributed by atoms with Gasteiger partial charge in [-0.3, -0.25) is 0 Å². The molecule has 2 aliphatic rings. The van der Waals surface area contributed by atoms with Gasteiger partial charge in [0, 0.05) is 11.8 Å². The smallest absolute Gasteiger partial charge is 0.316 e. The molecule has 0 aromatic rings. The van der Waals surface area contributed by atoms with Crippen LogP contribution in [-0.4, -0.2) is 17.1 Å². The molecule has 0 spiro atoms. The largest absolute Gasteiger partial charge is 0.329 e. The highest BCUT2D eigenvalue weighted by Crippen LogP contribution is 2.26. The van der Waals surface area contributed by atoms with Crippen molar-refractivity contribution in [1.82, 2.24) is 10.6 Å². The molecular formula is C17H24N2O. The van der Waals surface area contributed by atoms with Gasteiger partial charge in [-0.15, -0.1) is 0 Å². The van der Waals surface area contributed by atoms with E-state index in [1.807, 2.05) is 50.3 Å². The first-order valence-electron chi connectivity index (χ1n) is 7.18. The van der Waals surface area contributed by atoms with Crippen molar-refractivity contribution in [2.24, 2.45) is 11.8 Å². The summed E-state index contributed by atoms with van der Waals surface area (Å²) in [7, 11) is 0. The number of hydrogen-bond donors (Lipinski definition) is 2. The molecule has 0 saturated carbocycles. The van der Waals surface area contributed by atoms with Crippen LogP contribution < -0.4 is 10.6 Å². The van der Waals surface area contributed by atoms with E-state index in [9.17, 15) is 4.79 Å². The van der Waals surface area contributed by atoms with Gasteiger partial charge in [0.1, 0.15) is 0 Å². The fraction of sp³-hybridized carbons (Fsp3) is 0.471. The highest BCUT2D eigenvalue weighted by molar-refractivity contribution is 5.76. The van der Waals surface area contributed by atoms with Crippen molar-refractivity contribution >= 4 is 6.03 Å². The standard InChI is InChI=1S/C17H24N2O/c1-13-9-5-7-11-16(13,3)18-15(20)19-17(4)12-8-6-10-14(17)2/h5-14H,1-4H3,(H2,18,19,20). The number of carbonyl (C=O) groups excluding carboxylic acids is 1. The second-order valence-corrected chi connectivity index (χ2v) is 6.21. The van der Waals surface area contributed by atoms with Gasteiger partial charge in [-0.05, 0) is 13.8 Å². The minimum atomic E-state index is -0.341. The molecule has 108 valence electrons. The van der Waals surface area contributed by atoms with E-state index in [4.69, 9.17) is 0 Å². The Bertz CT molecular complexity index is 459. The highest BCUT2D eigenvalue weighted by Gasteiger charge is 2.34. The Labute approximate surface area is 121 Å². The van der Waals surface area contributed by atoms with Gasteiger partial charge in [0.05, 0.1) is 11.1 Å². The number of nitrogens with one attached hydrogen (secondary N) is 2. The van der Waals surface area contributed by atoms with E-state index in [0.29, 0.717) is 0 Å². The molecule has 3 nitrogen and oxygen atoms in total. The van der Waals surface area contributed by atoms with Crippen LogP contribution in [0.15, 0.2) is 48.6 Å². The van der Waals surface area contributed by atoms with E-state index in [-0.39, 0.29) is 28.9 Å². The predicted molar refractivity (Wildman–Crippen MR) is 83.4 cm³/mol. The lowest BCUT2D eigenvalue weighted by molar-refractivity contribution is 0.214. The molecule has 0 fully saturated rings. The lowest BCUT2D eigenvalue weighted by atomic mass is 9.82. The van der Waals surface area contributed by atoms with Gasteiger partial charge >= 0.3 is 6.03 Å². The molecule has 0 saturated heterocycles. The van der Waals surface area contributed by atoms with Crippen LogP contribution in [0.5, 0.6) is 0 Å². The molecule has 4 atom stereocenters. The fourth-order valence-electron chi connectivity index (χ4n) is 2.51. The van der Waals surface area contributed by atoms with Crippen molar-refractivity contribution in [2.45, 2.75) is 38.8 Å². The van der Waals surface area contributed by atoms with Crippen LogP contribution in [0.4, 0.5) is 4.79 Å². The number of carbonyl (C=O) groups is 1. The summed E-state index contributed by atoms with van der Waals surface area (Å²) in [6.45, 7) is 8.29. The Kier molecular flexibility index (Phi) is 3.89. The average Bonchev–Trinajstić information content (AvgIpc) is 2.36. The molecule has 20 heavy (non-hydrogen) atoms. The molecule has 0 aromatic carbocycles. The minimum absolute atomic E-state index is 0.131. The maximum atomic E-state index is 12.3. The van der Waals surface area contributed by atoms with Crippen molar-refractivity contribution in [1.29, 1.82) is 0 Å². The lowest BCUT2D eigenvalue weighted by Gasteiger charge is -2.38. The summed E-state index contributed by atoms with van der Waals surface area (Å²) >= 11 is 0. The molecular weight excluding hydrogens is 248 g/mol. The molecule has 3 heteroatoms. The molecule has 2 aliphatic carbocycles. The first-order valence-corrected chi connectivity index (χ1v) is 7.18. The van der Waals surface area contributed by atoms with E-state index in [2.05, 4.69) is 36.6 Å². The molecule has 0 aromatic heterocycles. The summed E-state index contributed by atoms with van der Waals surface area (Å²) in [6.07, 6.45) is 16.3. The fourth-order valence-corrected chi connectivity index (χ4v) is 2.51. The second kappa shape index (κ2) is 5.31. The summed E-state index contributed by atoms with van der Waals surface area (Å²) in [4.78, 5) is 12.3. The van der Waals surface area contributed by atoms with Crippen LogP contribution in [0.2, 0.25) is 0 Å². The van der Waals surface area contributed by atoms with Gasteiger partial charge in [-0.25, -0.2) is 4.79 Å². The maximum Gasteiger partial charge on any atom is 0.316 e. The summed E-state index contributed by atoms with van der Waals surface area (Å²) < 4.78 is 0. The molecule has 0 bridgehead atoms. The third-order valence-corrected chi connectivity index (χ3v) is 4.56. The van der Waals surface area contributed by atoms with Crippen molar-refractivity contribution in [3.8, 4) is 0 Å². The maximum absolute atomic E-state index is 12.3. The normalized spacial score (nSPS) is 38.8. The quantitative estimate of drug-likeness (QED) is 0.795. The second-order valence-electron chi connectivity index (χ2n) is 6.21. The Hall–Kier alpha value is -1.77. The summed E-state index contributed by atoms with van der Waals surface area (Å²) in [6, 6.07) is -0.131. The number of allylic oxidation sites excluding steroid dienone is 4.